The average molecular weight is 473 g/mol. The molecule has 2 aromatic carbocycles. The van der Waals surface area contributed by atoms with Crippen LogP contribution < -0.4 is 9.03 Å². The number of hydrogen-bond donors (Lipinski definition) is 1. The van der Waals surface area contributed by atoms with Crippen molar-refractivity contribution < 1.29 is 16.8 Å². The van der Waals surface area contributed by atoms with E-state index >= 15 is 0 Å². The smallest absolute Gasteiger partial charge is 0.262 e. The molecule has 3 rings (SSSR count). The van der Waals surface area contributed by atoms with Crippen LogP contribution in [0.4, 0.5) is 11.4 Å². The van der Waals surface area contributed by atoms with E-state index in [2.05, 4.69) is 20.7 Å². The zero-order valence-corrected chi connectivity index (χ0v) is 18.3. The van der Waals surface area contributed by atoms with Crippen molar-refractivity contribution in [3.05, 3.63) is 52.0 Å². The summed E-state index contributed by atoms with van der Waals surface area (Å²) in [5.74, 6) is 0.0827. The second kappa shape index (κ2) is 7.44. The Morgan fingerprint density at radius 2 is 1.78 bits per heavy atom. The van der Waals surface area contributed by atoms with Gasteiger partial charge in [-0.25, -0.2) is 16.8 Å². The van der Waals surface area contributed by atoms with Gasteiger partial charge in [-0.05, 0) is 68.1 Å². The predicted molar refractivity (Wildman–Crippen MR) is 111 cm³/mol. The van der Waals surface area contributed by atoms with E-state index in [0.29, 0.717) is 29.9 Å². The van der Waals surface area contributed by atoms with Gasteiger partial charge in [-0.1, -0.05) is 22.0 Å². The van der Waals surface area contributed by atoms with Crippen LogP contribution in [0.5, 0.6) is 0 Å². The van der Waals surface area contributed by atoms with E-state index in [1.807, 2.05) is 6.92 Å². The molecule has 6 nitrogen and oxygen atoms in total. The minimum Gasteiger partial charge on any atom is -0.280 e. The molecular formula is C18H21BrN2O4S2. The molecule has 0 amide bonds. The molecule has 0 spiro atoms. The minimum atomic E-state index is -3.86. The maximum Gasteiger partial charge on any atom is 0.262 e. The van der Waals surface area contributed by atoms with Crippen molar-refractivity contribution in [3.8, 4) is 0 Å². The molecule has 1 fully saturated rings. The molecule has 0 bridgehead atoms. The number of hydrogen-bond acceptors (Lipinski definition) is 4. The van der Waals surface area contributed by atoms with E-state index in [1.165, 1.54) is 10.4 Å². The summed E-state index contributed by atoms with van der Waals surface area (Å²) in [6, 6.07) is 9.91. The topological polar surface area (TPSA) is 83.6 Å². The van der Waals surface area contributed by atoms with Crippen LogP contribution in [-0.4, -0.2) is 29.1 Å². The van der Waals surface area contributed by atoms with Gasteiger partial charge in [-0.15, -0.1) is 0 Å². The molecule has 1 saturated heterocycles. The molecular weight excluding hydrogens is 452 g/mol. The van der Waals surface area contributed by atoms with E-state index in [9.17, 15) is 16.8 Å². The zero-order chi connectivity index (χ0) is 19.8. The van der Waals surface area contributed by atoms with Gasteiger partial charge in [-0.2, -0.15) is 0 Å². The van der Waals surface area contributed by atoms with Crippen LogP contribution in [0.3, 0.4) is 0 Å². The molecule has 0 aliphatic carbocycles. The van der Waals surface area contributed by atoms with Crippen LogP contribution in [0.25, 0.3) is 0 Å². The first-order valence-electron chi connectivity index (χ1n) is 8.50. The van der Waals surface area contributed by atoms with E-state index in [-0.39, 0.29) is 10.6 Å². The van der Waals surface area contributed by atoms with Gasteiger partial charge in [0.05, 0.1) is 16.3 Å². The van der Waals surface area contributed by atoms with Gasteiger partial charge in [0.1, 0.15) is 0 Å². The largest absolute Gasteiger partial charge is 0.280 e. The third kappa shape index (κ3) is 4.30. The second-order valence-electron chi connectivity index (χ2n) is 6.61. The molecule has 146 valence electrons. The van der Waals surface area contributed by atoms with Crippen LogP contribution in [0.1, 0.15) is 24.0 Å². The van der Waals surface area contributed by atoms with Crippen molar-refractivity contribution in [2.24, 2.45) is 0 Å². The summed E-state index contributed by atoms with van der Waals surface area (Å²) in [4.78, 5) is 0.0707. The average Bonchev–Trinajstić information content (AvgIpc) is 2.58. The molecule has 1 heterocycles. The summed E-state index contributed by atoms with van der Waals surface area (Å²) < 4.78 is 55.3. The van der Waals surface area contributed by atoms with E-state index in [4.69, 9.17) is 0 Å². The number of anilines is 2. The fraction of sp³-hybridized carbons (Fsp3) is 0.333. The van der Waals surface area contributed by atoms with Gasteiger partial charge in [0.2, 0.25) is 10.0 Å². The van der Waals surface area contributed by atoms with Crippen molar-refractivity contribution >= 4 is 47.4 Å². The maximum atomic E-state index is 12.9. The van der Waals surface area contributed by atoms with Crippen LogP contribution in [0, 0.1) is 13.8 Å². The quantitative estimate of drug-likeness (QED) is 0.733. The number of sulfonamides is 2. The Morgan fingerprint density at radius 3 is 2.44 bits per heavy atom. The van der Waals surface area contributed by atoms with Crippen molar-refractivity contribution in [3.63, 3.8) is 0 Å². The molecule has 0 unspecified atom stereocenters. The summed E-state index contributed by atoms with van der Waals surface area (Å²) in [5, 5.41) is 0. The molecule has 0 atom stereocenters. The highest BCUT2D eigenvalue weighted by molar-refractivity contribution is 9.10. The van der Waals surface area contributed by atoms with Crippen molar-refractivity contribution in [2.45, 2.75) is 31.6 Å². The number of rotatable bonds is 4. The standard InChI is InChI=1S/C18H21BrN2O4S2/c1-13-5-7-16(21-9-3-4-10-26(21,22)23)12-18(13)27(24,25)20-15-6-8-17(19)14(2)11-15/h5-8,11-12,20H,3-4,9-10H2,1-2H3. The summed E-state index contributed by atoms with van der Waals surface area (Å²) in [7, 11) is -7.27. The molecule has 2 aromatic rings. The van der Waals surface area contributed by atoms with Gasteiger partial charge >= 0.3 is 0 Å². The van der Waals surface area contributed by atoms with E-state index in [0.717, 1.165) is 16.5 Å². The van der Waals surface area contributed by atoms with Gasteiger partial charge in [-0.3, -0.25) is 9.03 Å². The number of nitrogens with zero attached hydrogens (tertiary/aromatic N) is 1. The SMILES string of the molecule is Cc1cc(NS(=O)(=O)c2cc(N3CCCCS3(=O)=O)ccc2C)ccc1Br. The first kappa shape index (κ1) is 20.2. The molecule has 1 aliphatic rings. The van der Waals surface area contributed by atoms with Crippen LogP contribution in [0.15, 0.2) is 45.8 Å². The van der Waals surface area contributed by atoms with Crippen molar-refractivity contribution in [1.29, 1.82) is 0 Å². The molecule has 0 aromatic heterocycles. The minimum absolute atomic E-state index is 0.0707. The highest BCUT2D eigenvalue weighted by Gasteiger charge is 2.28. The number of benzene rings is 2. The first-order valence-corrected chi connectivity index (χ1v) is 12.4. The number of aryl methyl sites for hydroxylation is 2. The number of halogens is 1. The lowest BCUT2D eigenvalue weighted by Crippen LogP contribution is -2.38. The summed E-state index contributed by atoms with van der Waals surface area (Å²) >= 11 is 3.39. The molecule has 1 aliphatic heterocycles. The van der Waals surface area contributed by atoms with Crippen LogP contribution in [-0.2, 0) is 20.0 Å². The monoisotopic (exact) mass is 472 g/mol. The first-order chi connectivity index (χ1) is 12.6. The lowest BCUT2D eigenvalue weighted by molar-refractivity contribution is 0.574. The lowest BCUT2D eigenvalue weighted by Gasteiger charge is -2.28. The maximum absolute atomic E-state index is 12.9. The molecule has 0 radical (unpaired) electrons. The summed E-state index contributed by atoms with van der Waals surface area (Å²) in [6.07, 6.45) is 1.38. The highest BCUT2D eigenvalue weighted by Crippen LogP contribution is 2.29. The molecule has 0 saturated carbocycles. The second-order valence-corrected chi connectivity index (χ2v) is 11.1. The predicted octanol–water partition coefficient (Wildman–Crippen LogP) is 3.80. The third-order valence-corrected chi connectivity index (χ3v) is 8.79. The Hall–Kier alpha value is -1.58. The Balaban J connectivity index is 1.98. The van der Waals surface area contributed by atoms with Crippen molar-refractivity contribution in [1.82, 2.24) is 0 Å². The zero-order valence-electron chi connectivity index (χ0n) is 15.1. The Labute approximate surface area is 168 Å². The van der Waals surface area contributed by atoms with Gasteiger partial charge in [0.15, 0.2) is 0 Å². The molecule has 27 heavy (non-hydrogen) atoms. The fourth-order valence-corrected chi connectivity index (χ4v) is 6.22. The van der Waals surface area contributed by atoms with E-state index < -0.39 is 20.0 Å². The Kier molecular flexibility index (Phi) is 5.56. The van der Waals surface area contributed by atoms with Gasteiger partial charge < -0.3 is 0 Å². The summed E-state index contributed by atoms with van der Waals surface area (Å²) in [5.41, 5.74) is 2.29. The van der Waals surface area contributed by atoms with Crippen molar-refractivity contribution in [2.75, 3.05) is 21.3 Å². The lowest BCUT2D eigenvalue weighted by atomic mass is 10.2. The summed E-state index contributed by atoms with van der Waals surface area (Å²) in [6.45, 7) is 3.93. The third-order valence-electron chi connectivity index (χ3n) is 4.51. The fourth-order valence-electron chi connectivity index (χ4n) is 3.03. The number of nitrogens with one attached hydrogen (secondary N) is 1. The van der Waals surface area contributed by atoms with E-state index in [1.54, 1.807) is 37.3 Å². The van der Waals surface area contributed by atoms with Crippen LogP contribution >= 0.6 is 15.9 Å². The van der Waals surface area contributed by atoms with Gasteiger partial charge in [0, 0.05) is 16.7 Å². The normalized spacial score (nSPS) is 16.9. The highest BCUT2D eigenvalue weighted by atomic mass is 79.9. The van der Waals surface area contributed by atoms with Crippen LogP contribution in [0.2, 0.25) is 0 Å². The molecule has 1 N–H and O–H groups in total. The Morgan fingerprint density at radius 1 is 1.04 bits per heavy atom. The Bertz CT molecular complexity index is 1080. The van der Waals surface area contributed by atoms with Gasteiger partial charge in [0.25, 0.3) is 10.0 Å². The molecule has 9 heteroatoms.